The SMILES string of the molecule is CCOC(=O)c1nnn(CCOc2cccc(C)c2)c1N. The molecule has 0 aliphatic carbocycles. The fourth-order valence-corrected chi connectivity index (χ4v) is 1.79. The van der Waals surface area contributed by atoms with E-state index in [2.05, 4.69) is 10.3 Å². The van der Waals surface area contributed by atoms with Crippen molar-refractivity contribution in [1.82, 2.24) is 15.0 Å². The first-order valence-corrected chi connectivity index (χ1v) is 6.67. The third-order valence-electron chi connectivity index (χ3n) is 2.80. The molecule has 1 heterocycles. The van der Waals surface area contributed by atoms with Crippen molar-refractivity contribution in [2.24, 2.45) is 0 Å². The monoisotopic (exact) mass is 290 g/mol. The molecule has 21 heavy (non-hydrogen) atoms. The van der Waals surface area contributed by atoms with Gasteiger partial charge in [-0.15, -0.1) is 5.10 Å². The first kappa shape index (κ1) is 14.8. The highest BCUT2D eigenvalue weighted by Gasteiger charge is 2.18. The molecule has 112 valence electrons. The fourth-order valence-electron chi connectivity index (χ4n) is 1.79. The summed E-state index contributed by atoms with van der Waals surface area (Å²) in [6.07, 6.45) is 0. The highest BCUT2D eigenvalue weighted by molar-refractivity contribution is 5.91. The number of benzene rings is 1. The third-order valence-corrected chi connectivity index (χ3v) is 2.80. The molecule has 0 saturated heterocycles. The zero-order valence-electron chi connectivity index (χ0n) is 12.1. The molecule has 0 spiro atoms. The van der Waals surface area contributed by atoms with Gasteiger partial charge in [0.05, 0.1) is 13.2 Å². The predicted octanol–water partition coefficient (Wildman–Crippen LogP) is 1.42. The summed E-state index contributed by atoms with van der Waals surface area (Å²) in [6.45, 7) is 4.75. The maximum atomic E-state index is 11.6. The molecule has 1 aromatic heterocycles. The molecular formula is C14H18N4O3. The van der Waals surface area contributed by atoms with Crippen LogP contribution in [0.1, 0.15) is 23.0 Å². The van der Waals surface area contributed by atoms with Gasteiger partial charge in [-0.3, -0.25) is 0 Å². The summed E-state index contributed by atoms with van der Waals surface area (Å²) in [7, 11) is 0. The van der Waals surface area contributed by atoms with E-state index in [1.807, 2.05) is 31.2 Å². The van der Waals surface area contributed by atoms with Crippen molar-refractivity contribution in [2.45, 2.75) is 20.4 Å². The van der Waals surface area contributed by atoms with Crippen LogP contribution in [0, 0.1) is 6.92 Å². The summed E-state index contributed by atoms with van der Waals surface area (Å²) < 4.78 is 11.9. The van der Waals surface area contributed by atoms with E-state index in [1.54, 1.807) is 6.92 Å². The Balaban J connectivity index is 1.93. The average Bonchev–Trinajstić information content (AvgIpc) is 2.81. The third kappa shape index (κ3) is 3.71. The number of anilines is 1. The lowest BCUT2D eigenvalue weighted by Crippen LogP contribution is -2.13. The summed E-state index contributed by atoms with van der Waals surface area (Å²) in [5, 5.41) is 7.56. The maximum absolute atomic E-state index is 11.6. The number of hydrogen-bond donors (Lipinski definition) is 1. The average molecular weight is 290 g/mol. The van der Waals surface area contributed by atoms with Crippen molar-refractivity contribution >= 4 is 11.8 Å². The molecule has 0 amide bonds. The van der Waals surface area contributed by atoms with Gasteiger partial charge in [0.1, 0.15) is 12.4 Å². The predicted molar refractivity (Wildman–Crippen MR) is 77.1 cm³/mol. The number of nitrogen functional groups attached to an aromatic ring is 1. The van der Waals surface area contributed by atoms with Crippen molar-refractivity contribution in [3.8, 4) is 5.75 Å². The van der Waals surface area contributed by atoms with Gasteiger partial charge in [0.2, 0.25) is 5.69 Å². The van der Waals surface area contributed by atoms with E-state index in [4.69, 9.17) is 15.2 Å². The Hall–Kier alpha value is -2.57. The number of aromatic nitrogens is 3. The number of nitrogens with two attached hydrogens (primary N) is 1. The zero-order valence-corrected chi connectivity index (χ0v) is 12.1. The topological polar surface area (TPSA) is 92.3 Å². The lowest BCUT2D eigenvalue weighted by molar-refractivity contribution is 0.0520. The minimum absolute atomic E-state index is 0.0346. The molecule has 1 aromatic carbocycles. The van der Waals surface area contributed by atoms with Crippen molar-refractivity contribution in [3.63, 3.8) is 0 Å². The van der Waals surface area contributed by atoms with Crippen LogP contribution in [0.4, 0.5) is 5.82 Å². The minimum Gasteiger partial charge on any atom is -0.492 e. The largest absolute Gasteiger partial charge is 0.492 e. The van der Waals surface area contributed by atoms with E-state index in [1.165, 1.54) is 4.68 Å². The molecule has 0 unspecified atom stereocenters. The molecule has 2 aromatic rings. The Labute approximate surface area is 122 Å². The molecule has 2 rings (SSSR count). The number of carbonyl (C=O) groups is 1. The van der Waals surface area contributed by atoms with Gasteiger partial charge in [0.15, 0.2) is 5.82 Å². The van der Waals surface area contributed by atoms with Crippen LogP contribution in [0.15, 0.2) is 24.3 Å². The van der Waals surface area contributed by atoms with Crippen LogP contribution < -0.4 is 10.5 Å². The van der Waals surface area contributed by atoms with E-state index < -0.39 is 5.97 Å². The molecule has 0 aliphatic rings. The van der Waals surface area contributed by atoms with Crippen LogP contribution in [0.5, 0.6) is 5.75 Å². The fraction of sp³-hybridized carbons (Fsp3) is 0.357. The van der Waals surface area contributed by atoms with Gasteiger partial charge >= 0.3 is 5.97 Å². The second kappa shape index (κ2) is 6.74. The normalized spacial score (nSPS) is 10.4. The first-order chi connectivity index (χ1) is 10.1. The van der Waals surface area contributed by atoms with Gasteiger partial charge in [0.25, 0.3) is 0 Å². The lowest BCUT2D eigenvalue weighted by atomic mass is 10.2. The number of esters is 1. The van der Waals surface area contributed by atoms with Gasteiger partial charge in [-0.25, -0.2) is 9.48 Å². The number of carbonyl (C=O) groups excluding carboxylic acids is 1. The van der Waals surface area contributed by atoms with Gasteiger partial charge in [-0.05, 0) is 31.5 Å². The summed E-state index contributed by atoms with van der Waals surface area (Å²) in [6, 6.07) is 7.73. The highest BCUT2D eigenvalue weighted by Crippen LogP contribution is 2.13. The Morgan fingerprint density at radius 3 is 2.95 bits per heavy atom. The van der Waals surface area contributed by atoms with Crippen molar-refractivity contribution < 1.29 is 14.3 Å². The number of nitrogens with zero attached hydrogens (tertiary/aromatic N) is 3. The second-order valence-corrected chi connectivity index (χ2v) is 4.43. The Bertz CT molecular complexity index is 624. The summed E-state index contributed by atoms with van der Waals surface area (Å²) in [4.78, 5) is 11.6. The molecular weight excluding hydrogens is 272 g/mol. The Kier molecular flexibility index (Phi) is 4.76. The smallest absolute Gasteiger partial charge is 0.362 e. The summed E-state index contributed by atoms with van der Waals surface area (Å²) >= 11 is 0. The zero-order chi connectivity index (χ0) is 15.2. The number of rotatable bonds is 6. The van der Waals surface area contributed by atoms with E-state index in [-0.39, 0.29) is 18.1 Å². The van der Waals surface area contributed by atoms with Crippen molar-refractivity contribution in [1.29, 1.82) is 0 Å². The second-order valence-electron chi connectivity index (χ2n) is 4.43. The number of hydrogen-bond acceptors (Lipinski definition) is 6. The van der Waals surface area contributed by atoms with Crippen molar-refractivity contribution in [3.05, 3.63) is 35.5 Å². The molecule has 0 saturated carbocycles. The molecule has 7 nitrogen and oxygen atoms in total. The van der Waals surface area contributed by atoms with E-state index in [0.717, 1.165) is 11.3 Å². The van der Waals surface area contributed by atoms with Crippen LogP contribution in [-0.4, -0.2) is 34.2 Å². The van der Waals surface area contributed by atoms with Gasteiger partial charge < -0.3 is 15.2 Å². The van der Waals surface area contributed by atoms with Gasteiger partial charge in [0, 0.05) is 0 Å². The lowest BCUT2D eigenvalue weighted by Gasteiger charge is -2.07. The minimum atomic E-state index is -0.569. The van der Waals surface area contributed by atoms with Gasteiger partial charge in [-0.1, -0.05) is 17.3 Å². The van der Waals surface area contributed by atoms with E-state index >= 15 is 0 Å². The van der Waals surface area contributed by atoms with Crippen LogP contribution in [0.3, 0.4) is 0 Å². The van der Waals surface area contributed by atoms with Crippen LogP contribution in [-0.2, 0) is 11.3 Å². The van der Waals surface area contributed by atoms with Gasteiger partial charge in [-0.2, -0.15) is 0 Å². The number of ether oxygens (including phenoxy) is 2. The molecule has 7 heteroatoms. The summed E-state index contributed by atoms with van der Waals surface area (Å²) in [5.74, 6) is 0.390. The molecule has 0 fully saturated rings. The Morgan fingerprint density at radius 1 is 1.43 bits per heavy atom. The molecule has 0 bridgehead atoms. The van der Waals surface area contributed by atoms with E-state index in [0.29, 0.717) is 13.2 Å². The quantitative estimate of drug-likeness (QED) is 0.809. The van der Waals surface area contributed by atoms with Crippen LogP contribution in [0.2, 0.25) is 0 Å². The van der Waals surface area contributed by atoms with E-state index in [9.17, 15) is 4.79 Å². The Morgan fingerprint density at radius 2 is 2.24 bits per heavy atom. The summed E-state index contributed by atoms with van der Waals surface area (Å²) in [5.41, 5.74) is 6.98. The molecule has 0 aliphatic heterocycles. The molecule has 2 N–H and O–H groups in total. The number of aryl methyl sites for hydroxylation is 1. The standard InChI is InChI=1S/C14H18N4O3/c1-3-20-14(19)12-13(15)18(17-16-12)7-8-21-11-6-4-5-10(2)9-11/h4-6,9H,3,7-8,15H2,1-2H3. The van der Waals surface area contributed by atoms with Crippen LogP contribution in [0.25, 0.3) is 0 Å². The van der Waals surface area contributed by atoms with Crippen LogP contribution >= 0.6 is 0 Å². The van der Waals surface area contributed by atoms with Crippen molar-refractivity contribution in [2.75, 3.05) is 18.9 Å². The maximum Gasteiger partial charge on any atom is 0.362 e. The highest BCUT2D eigenvalue weighted by atomic mass is 16.5. The molecule has 0 radical (unpaired) electrons. The molecule has 0 atom stereocenters. The first-order valence-electron chi connectivity index (χ1n) is 6.67.